The second-order valence-electron chi connectivity index (χ2n) is 4.04. The number of anilines is 1. The Kier molecular flexibility index (Phi) is 3.28. The lowest BCUT2D eigenvalue weighted by molar-refractivity contribution is 0.609. The van der Waals surface area contributed by atoms with Gasteiger partial charge in [0.2, 0.25) is 0 Å². The highest BCUT2D eigenvalue weighted by Crippen LogP contribution is 2.14. The number of nitrogens with one attached hydrogen (secondary N) is 1. The minimum atomic E-state index is -0.472. The van der Waals surface area contributed by atoms with Crippen molar-refractivity contribution in [3.63, 3.8) is 0 Å². The van der Waals surface area contributed by atoms with E-state index in [0.29, 0.717) is 17.9 Å². The molecule has 92 valence electrons. The van der Waals surface area contributed by atoms with Gasteiger partial charge in [0.1, 0.15) is 17.7 Å². The Morgan fingerprint density at radius 3 is 2.89 bits per heavy atom. The summed E-state index contributed by atoms with van der Waals surface area (Å²) in [7, 11) is 1.84. The summed E-state index contributed by atoms with van der Waals surface area (Å²) in [6.45, 7) is 2.24. The van der Waals surface area contributed by atoms with Crippen molar-refractivity contribution in [3.05, 3.63) is 46.9 Å². The lowest BCUT2D eigenvalue weighted by Crippen LogP contribution is -2.04. The van der Waals surface area contributed by atoms with Crippen LogP contribution in [0.5, 0.6) is 0 Å². The number of benzene rings is 1. The summed E-state index contributed by atoms with van der Waals surface area (Å²) in [5.41, 5.74) is 1.53. The fourth-order valence-electron chi connectivity index (χ4n) is 1.64. The molecule has 0 aliphatic rings. The van der Waals surface area contributed by atoms with Gasteiger partial charge < -0.3 is 5.32 Å². The molecule has 0 saturated carbocycles. The largest absolute Gasteiger partial charge is 0.364 e. The molecule has 0 radical (unpaired) electrons. The fraction of sp³-hybridized carbons (Fsp3) is 0.231. The Labute approximate surface area is 105 Å². The smallest absolute Gasteiger partial charge is 0.148 e. The molecule has 0 atom stereocenters. The molecule has 1 aromatic carbocycles. The molecule has 0 unspecified atom stereocenters. The lowest BCUT2D eigenvalue weighted by Gasteiger charge is -2.05. The van der Waals surface area contributed by atoms with Crippen LogP contribution in [0.25, 0.3) is 0 Å². The Hall–Kier alpha value is -2.35. The van der Waals surface area contributed by atoms with E-state index in [1.165, 1.54) is 6.07 Å². The van der Waals surface area contributed by atoms with Gasteiger partial charge in [0, 0.05) is 30.9 Å². The number of hydrogen-bond donors (Lipinski definition) is 1. The van der Waals surface area contributed by atoms with Gasteiger partial charge in [-0.25, -0.2) is 4.39 Å². The molecule has 2 aromatic rings. The summed E-state index contributed by atoms with van der Waals surface area (Å²) in [6, 6.07) is 8.49. The number of halogens is 1. The maximum Gasteiger partial charge on any atom is 0.148 e. The molecule has 2 rings (SSSR count). The van der Waals surface area contributed by atoms with Crippen LogP contribution in [-0.4, -0.2) is 9.78 Å². The van der Waals surface area contributed by atoms with Gasteiger partial charge in [0.05, 0.1) is 5.56 Å². The minimum absolute atomic E-state index is 0.0616. The monoisotopic (exact) mass is 244 g/mol. The van der Waals surface area contributed by atoms with Crippen molar-refractivity contribution in [3.8, 4) is 6.07 Å². The standard InChI is InChI=1S/C13H13FN4/c1-9-6-12(17-18(9)2)16-8-11-5-3-4-10(7-15)13(11)14/h3-6H,8H2,1-2H3,(H,16,17). The van der Waals surface area contributed by atoms with E-state index < -0.39 is 5.82 Å². The summed E-state index contributed by atoms with van der Waals surface area (Å²) >= 11 is 0. The molecular weight excluding hydrogens is 231 g/mol. The highest BCUT2D eigenvalue weighted by molar-refractivity contribution is 5.39. The zero-order valence-corrected chi connectivity index (χ0v) is 10.2. The van der Waals surface area contributed by atoms with Crippen LogP contribution in [0.1, 0.15) is 16.8 Å². The van der Waals surface area contributed by atoms with Crippen LogP contribution in [0.3, 0.4) is 0 Å². The summed E-state index contributed by atoms with van der Waals surface area (Å²) in [5, 5.41) is 16.0. The molecular formula is C13H13FN4. The third-order valence-corrected chi connectivity index (χ3v) is 2.77. The van der Waals surface area contributed by atoms with Gasteiger partial charge >= 0.3 is 0 Å². The second kappa shape index (κ2) is 4.88. The van der Waals surface area contributed by atoms with E-state index in [9.17, 15) is 4.39 Å². The van der Waals surface area contributed by atoms with Crippen molar-refractivity contribution in [2.24, 2.45) is 7.05 Å². The first-order valence-electron chi connectivity index (χ1n) is 5.54. The first kappa shape index (κ1) is 12.1. The average molecular weight is 244 g/mol. The first-order chi connectivity index (χ1) is 8.61. The van der Waals surface area contributed by atoms with E-state index in [1.54, 1.807) is 16.8 Å². The van der Waals surface area contributed by atoms with Crippen LogP contribution in [0.2, 0.25) is 0 Å². The number of nitrogens with zero attached hydrogens (tertiary/aromatic N) is 3. The van der Waals surface area contributed by atoms with Crippen molar-refractivity contribution < 1.29 is 4.39 Å². The molecule has 0 fully saturated rings. The third-order valence-electron chi connectivity index (χ3n) is 2.77. The Bertz CT molecular complexity index is 590. The maximum absolute atomic E-state index is 13.8. The maximum atomic E-state index is 13.8. The third kappa shape index (κ3) is 2.33. The highest BCUT2D eigenvalue weighted by Gasteiger charge is 2.08. The van der Waals surface area contributed by atoms with Gasteiger partial charge in [0.25, 0.3) is 0 Å². The Balaban J connectivity index is 2.14. The molecule has 1 heterocycles. The minimum Gasteiger partial charge on any atom is -0.364 e. The van der Waals surface area contributed by atoms with Crippen molar-refractivity contribution in [2.75, 3.05) is 5.32 Å². The number of rotatable bonds is 3. The topological polar surface area (TPSA) is 53.6 Å². The van der Waals surface area contributed by atoms with E-state index in [-0.39, 0.29) is 5.56 Å². The summed E-state index contributed by atoms with van der Waals surface area (Å²) in [6.07, 6.45) is 0. The van der Waals surface area contributed by atoms with Crippen LogP contribution in [0, 0.1) is 24.1 Å². The normalized spacial score (nSPS) is 10.1. The quantitative estimate of drug-likeness (QED) is 0.901. The molecule has 0 aliphatic carbocycles. The number of hydrogen-bond acceptors (Lipinski definition) is 3. The SMILES string of the molecule is Cc1cc(NCc2cccc(C#N)c2F)nn1C. The second-order valence-corrected chi connectivity index (χ2v) is 4.04. The van der Waals surface area contributed by atoms with Gasteiger partial charge in [-0.3, -0.25) is 4.68 Å². The molecule has 1 N–H and O–H groups in total. The molecule has 5 heteroatoms. The molecule has 0 aliphatic heterocycles. The van der Waals surface area contributed by atoms with E-state index in [4.69, 9.17) is 5.26 Å². The molecule has 0 saturated heterocycles. The predicted octanol–water partition coefficient (Wildman–Crippen LogP) is 2.35. The molecule has 18 heavy (non-hydrogen) atoms. The van der Waals surface area contributed by atoms with E-state index in [2.05, 4.69) is 10.4 Å². The highest BCUT2D eigenvalue weighted by atomic mass is 19.1. The van der Waals surface area contributed by atoms with Crippen LogP contribution in [0.4, 0.5) is 10.2 Å². The summed E-state index contributed by atoms with van der Waals surface area (Å²) in [5.74, 6) is 0.219. The molecule has 0 spiro atoms. The van der Waals surface area contributed by atoms with Crippen LogP contribution >= 0.6 is 0 Å². The molecule has 0 bridgehead atoms. The Morgan fingerprint density at radius 2 is 2.28 bits per heavy atom. The molecule has 4 nitrogen and oxygen atoms in total. The summed E-state index contributed by atoms with van der Waals surface area (Å²) in [4.78, 5) is 0. The number of aryl methyl sites for hydroxylation is 2. The van der Waals surface area contributed by atoms with E-state index in [0.717, 1.165) is 5.69 Å². The van der Waals surface area contributed by atoms with Crippen molar-refractivity contribution in [2.45, 2.75) is 13.5 Å². The van der Waals surface area contributed by atoms with Gasteiger partial charge in [-0.05, 0) is 13.0 Å². The van der Waals surface area contributed by atoms with Crippen LogP contribution < -0.4 is 5.32 Å². The van der Waals surface area contributed by atoms with Gasteiger partial charge in [0.15, 0.2) is 0 Å². The zero-order valence-electron chi connectivity index (χ0n) is 10.2. The van der Waals surface area contributed by atoms with Crippen molar-refractivity contribution in [1.82, 2.24) is 9.78 Å². The number of nitriles is 1. The van der Waals surface area contributed by atoms with Gasteiger partial charge in [-0.15, -0.1) is 0 Å². The number of aromatic nitrogens is 2. The lowest BCUT2D eigenvalue weighted by atomic mass is 10.1. The summed E-state index contributed by atoms with van der Waals surface area (Å²) < 4.78 is 15.5. The van der Waals surface area contributed by atoms with E-state index >= 15 is 0 Å². The van der Waals surface area contributed by atoms with E-state index in [1.807, 2.05) is 26.1 Å². The molecule has 1 aromatic heterocycles. The first-order valence-corrected chi connectivity index (χ1v) is 5.54. The fourth-order valence-corrected chi connectivity index (χ4v) is 1.64. The molecule has 0 amide bonds. The Morgan fingerprint density at radius 1 is 1.50 bits per heavy atom. The zero-order chi connectivity index (χ0) is 13.1. The average Bonchev–Trinajstić information content (AvgIpc) is 2.67. The van der Waals surface area contributed by atoms with Crippen LogP contribution in [-0.2, 0) is 13.6 Å². The predicted molar refractivity (Wildman–Crippen MR) is 66.4 cm³/mol. The van der Waals surface area contributed by atoms with Crippen molar-refractivity contribution >= 4 is 5.82 Å². The van der Waals surface area contributed by atoms with Crippen LogP contribution in [0.15, 0.2) is 24.3 Å². The van der Waals surface area contributed by atoms with Gasteiger partial charge in [-0.1, -0.05) is 12.1 Å². The van der Waals surface area contributed by atoms with Crippen molar-refractivity contribution in [1.29, 1.82) is 5.26 Å². The van der Waals surface area contributed by atoms with Gasteiger partial charge in [-0.2, -0.15) is 10.4 Å².